The van der Waals surface area contributed by atoms with Crippen molar-refractivity contribution in [3.63, 3.8) is 0 Å². The van der Waals surface area contributed by atoms with Gasteiger partial charge >= 0.3 is 0 Å². The molecule has 0 bridgehead atoms. The van der Waals surface area contributed by atoms with Crippen LogP contribution < -0.4 is 5.32 Å². The van der Waals surface area contributed by atoms with E-state index in [9.17, 15) is 9.59 Å². The van der Waals surface area contributed by atoms with Crippen molar-refractivity contribution in [1.82, 2.24) is 20.0 Å². The third kappa shape index (κ3) is 3.41. The van der Waals surface area contributed by atoms with E-state index in [2.05, 4.69) is 10.4 Å². The predicted octanol–water partition coefficient (Wildman–Crippen LogP) is 1.89. The third-order valence-corrected chi connectivity index (χ3v) is 5.11. The van der Waals surface area contributed by atoms with Crippen molar-refractivity contribution < 1.29 is 9.59 Å². The fourth-order valence-corrected chi connectivity index (χ4v) is 4.04. The fourth-order valence-electron chi connectivity index (χ4n) is 4.04. The molecule has 2 amide bonds. The van der Waals surface area contributed by atoms with Crippen molar-refractivity contribution in [2.45, 2.75) is 63.5 Å². The summed E-state index contributed by atoms with van der Waals surface area (Å²) in [5, 5.41) is 7.31. The van der Waals surface area contributed by atoms with E-state index in [1.807, 2.05) is 21.8 Å². The summed E-state index contributed by atoms with van der Waals surface area (Å²) >= 11 is 0. The van der Waals surface area contributed by atoms with Crippen molar-refractivity contribution in [2.75, 3.05) is 13.1 Å². The molecule has 23 heavy (non-hydrogen) atoms. The molecule has 1 aliphatic carbocycles. The lowest BCUT2D eigenvalue weighted by atomic mass is 9.80. The lowest BCUT2D eigenvalue weighted by Gasteiger charge is -2.42. The number of aromatic nitrogens is 2. The molecule has 6 heteroatoms. The molecule has 1 saturated carbocycles. The second kappa shape index (κ2) is 6.72. The van der Waals surface area contributed by atoms with Crippen molar-refractivity contribution >= 4 is 11.8 Å². The Morgan fingerprint density at radius 2 is 2.00 bits per heavy atom. The number of piperidine rings is 1. The molecule has 126 valence electrons. The first-order valence-electron chi connectivity index (χ1n) is 8.68. The highest BCUT2D eigenvalue weighted by molar-refractivity contribution is 5.91. The van der Waals surface area contributed by atoms with E-state index >= 15 is 0 Å². The summed E-state index contributed by atoms with van der Waals surface area (Å²) in [6, 6.07) is 2.15. The van der Waals surface area contributed by atoms with E-state index in [4.69, 9.17) is 0 Å². The van der Waals surface area contributed by atoms with Gasteiger partial charge in [-0.25, -0.2) is 0 Å². The Morgan fingerprint density at radius 3 is 2.65 bits per heavy atom. The van der Waals surface area contributed by atoms with Crippen molar-refractivity contribution in [3.8, 4) is 0 Å². The van der Waals surface area contributed by atoms with Gasteiger partial charge in [0, 0.05) is 32.4 Å². The number of nitrogens with zero attached hydrogens (tertiary/aromatic N) is 3. The molecule has 3 rings (SSSR count). The van der Waals surface area contributed by atoms with Gasteiger partial charge in [0.25, 0.3) is 0 Å². The first-order chi connectivity index (χ1) is 11.1. The molecular formula is C17H26N4O2. The number of likely N-dealkylation sites (tertiary alicyclic amines) is 1. The predicted molar refractivity (Wildman–Crippen MR) is 86.7 cm³/mol. The van der Waals surface area contributed by atoms with E-state index in [1.165, 1.54) is 6.92 Å². The summed E-state index contributed by atoms with van der Waals surface area (Å²) < 4.78 is 1.95. The van der Waals surface area contributed by atoms with Gasteiger partial charge in [0.1, 0.15) is 5.54 Å². The molecule has 0 aromatic carbocycles. The Hall–Kier alpha value is -1.85. The topological polar surface area (TPSA) is 67.2 Å². The highest BCUT2D eigenvalue weighted by Gasteiger charge is 2.43. The van der Waals surface area contributed by atoms with Crippen molar-refractivity contribution in [1.29, 1.82) is 0 Å². The summed E-state index contributed by atoms with van der Waals surface area (Å²) in [7, 11) is 0. The van der Waals surface area contributed by atoms with E-state index in [-0.39, 0.29) is 17.9 Å². The molecule has 1 aromatic rings. The van der Waals surface area contributed by atoms with Crippen LogP contribution in [0.1, 0.15) is 57.9 Å². The van der Waals surface area contributed by atoms with Gasteiger partial charge in [-0.3, -0.25) is 14.3 Å². The highest BCUT2D eigenvalue weighted by Crippen LogP contribution is 2.32. The Kier molecular flexibility index (Phi) is 4.68. The number of amides is 2. The average molecular weight is 318 g/mol. The van der Waals surface area contributed by atoms with Crippen molar-refractivity contribution in [2.24, 2.45) is 0 Å². The molecule has 2 fully saturated rings. The smallest absolute Gasteiger partial charge is 0.248 e. The highest BCUT2D eigenvalue weighted by atomic mass is 16.2. The van der Waals surface area contributed by atoms with Gasteiger partial charge in [-0.1, -0.05) is 19.3 Å². The van der Waals surface area contributed by atoms with E-state index < -0.39 is 5.54 Å². The minimum absolute atomic E-state index is 0.101. The van der Waals surface area contributed by atoms with Gasteiger partial charge in [-0.05, 0) is 31.7 Å². The van der Waals surface area contributed by atoms with E-state index in [0.29, 0.717) is 6.54 Å². The summed E-state index contributed by atoms with van der Waals surface area (Å²) in [4.78, 5) is 26.8. The normalized spacial score (nSPS) is 24.2. The molecule has 6 nitrogen and oxygen atoms in total. The van der Waals surface area contributed by atoms with Crippen LogP contribution in [0.15, 0.2) is 18.5 Å². The molecule has 1 aliphatic heterocycles. The number of carbonyl (C=O) groups excluding carboxylic acids is 2. The van der Waals surface area contributed by atoms with Crippen LogP contribution in [0, 0.1) is 0 Å². The lowest BCUT2D eigenvalue weighted by Crippen LogP contribution is -2.61. The standard InChI is InChI=1S/C17H26N4O2/c1-14(22)19-17(8-3-2-4-9-17)16(23)20-11-5-7-15(13-20)21-12-6-10-18-21/h6,10,12,15H,2-5,7-9,11,13H2,1H3,(H,19,22)/t15-/m0/s1. The molecule has 1 aromatic heterocycles. The molecule has 0 spiro atoms. The molecule has 0 radical (unpaired) electrons. The second-order valence-corrected chi connectivity index (χ2v) is 6.86. The Morgan fingerprint density at radius 1 is 1.22 bits per heavy atom. The SMILES string of the molecule is CC(=O)NC1(C(=O)N2CCC[C@H](n3cccn3)C2)CCCCC1. The number of rotatable bonds is 3. The number of hydrogen-bond donors (Lipinski definition) is 1. The maximum Gasteiger partial charge on any atom is 0.248 e. The van der Waals surface area contributed by atoms with Crippen LogP contribution in [0.25, 0.3) is 0 Å². The second-order valence-electron chi connectivity index (χ2n) is 6.86. The molecule has 2 heterocycles. The Bertz CT molecular complexity index is 549. The number of hydrogen-bond acceptors (Lipinski definition) is 3. The molecule has 1 N–H and O–H groups in total. The molecular weight excluding hydrogens is 292 g/mol. The van der Waals surface area contributed by atoms with Gasteiger partial charge in [0.15, 0.2) is 0 Å². The number of nitrogens with one attached hydrogen (secondary N) is 1. The zero-order valence-electron chi connectivity index (χ0n) is 13.8. The van der Waals surface area contributed by atoms with Crippen LogP contribution >= 0.6 is 0 Å². The van der Waals surface area contributed by atoms with Crippen molar-refractivity contribution in [3.05, 3.63) is 18.5 Å². The first kappa shape index (κ1) is 16.0. The molecule has 1 saturated heterocycles. The van der Waals surface area contributed by atoms with Crippen LogP contribution in [0.5, 0.6) is 0 Å². The van der Waals surface area contributed by atoms with Gasteiger partial charge in [0.2, 0.25) is 11.8 Å². The lowest BCUT2D eigenvalue weighted by molar-refractivity contribution is -0.144. The van der Waals surface area contributed by atoms with Gasteiger partial charge in [-0.2, -0.15) is 5.10 Å². The van der Waals surface area contributed by atoms with Gasteiger partial charge in [-0.15, -0.1) is 0 Å². The summed E-state index contributed by atoms with van der Waals surface area (Å²) in [5.74, 6) is -0.00913. The van der Waals surface area contributed by atoms with E-state index in [0.717, 1.165) is 51.5 Å². The zero-order valence-corrected chi connectivity index (χ0v) is 13.8. The zero-order chi connectivity index (χ0) is 16.3. The minimum atomic E-state index is -0.684. The maximum atomic E-state index is 13.2. The molecule has 2 aliphatic rings. The average Bonchev–Trinajstić information content (AvgIpc) is 3.09. The minimum Gasteiger partial charge on any atom is -0.342 e. The summed E-state index contributed by atoms with van der Waals surface area (Å²) in [6.45, 7) is 2.96. The van der Waals surface area contributed by atoms with Gasteiger partial charge in [0.05, 0.1) is 6.04 Å². The van der Waals surface area contributed by atoms with Gasteiger partial charge < -0.3 is 10.2 Å². The first-order valence-corrected chi connectivity index (χ1v) is 8.68. The van der Waals surface area contributed by atoms with Crippen LogP contribution in [-0.2, 0) is 9.59 Å². The summed E-state index contributed by atoms with van der Waals surface area (Å²) in [5.41, 5.74) is -0.684. The largest absolute Gasteiger partial charge is 0.342 e. The third-order valence-electron chi connectivity index (χ3n) is 5.11. The van der Waals surface area contributed by atoms with E-state index in [1.54, 1.807) is 6.20 Å². The monoisotopic (exact) mass is 318 g/mol. The van der Waals surface area contributed by atoms with Crippen LogP contribution in [-0.4, -0.2) is 45.1 Å². The number of carbonyl (C=O) groups is 2. The summed E-state index contributed by atoms with van der Waals surface area (Å²) in [6.07, 6.45) is 10.4. The van der Waals surface area contributed by atoms with Crippen LogP contribution in [0.2, 0.25) is 0 Å². The fraction of sp³-hybridized carbons (Fsp3) is 0.706. The van der Waals surface area contributed by atoms with Crippen LogP contribution in [0.4, 0.5) is 0 Å². The Balaban J connectivity index is 1.75. The quantitative estimate of drug-likeness (QED) is 0.925. The molecule has 0 unspecified atom stereocenters. The maximum absolute atomic E-state index is 13.2. The Labute approximate surface area is 137 Å². The molecule has 1 atom stereocenters. The van der Waals surface area contributed by atoms with Crippen LogP contribution in [0.3, 0.4) is 0 Å².